The molecule has 0 aliphatic heterocycles. The quantitative estimate of drug-likeness (QED) is 0.372. The van der Waals surface area contributed by atoms with Crippen LogP contribution in [0.25, 0.3) is 0 Å². The predicted molar refractivity (Wildman–Crippen MR) is 53.3 cm³/mol. The lowest BCUT2D eigenvalue weighted by atomic mass is 10.0. The number of hydrogen-bond acceptors (Lipinski definition) is 4. The topological polar surface area (TPSA) is 83.8 Å². The maximum absolute atomic E-state index is 10.7. The van der Waals surface area contributed by atoms with E-state index in [0.717, 1.165) is 0 Å². The number of aliphatic hydroxyl groups excluding tert-OH is 1. The van der Waals surface area contributed by atoms with Gasteiger partial charge in [0.2, 0.25) is 0 Å². The molecular formula is C10H16O5. The summed E-state index contributed by atoms with van der Waals surface area (Å²) in [5.74, 6) is -1.50. The average molecular weight is 216 g/mol. The molecule has 0 saturated heterocycles. The molecule has 0 aromatic rings. The molecule has 0 amide bonds. The van der Waals surface area contributed by atoms with E-state index in [0.29, 0.717) is 19.3 Å². The Labute approximate surface area is 88.4 Å². The van der Waals surface area contributed by atoms with E-state index < -0.39 is 12.1 Å². The van der Waals surface area contributed by atoms with Gasteiger partial charge in [0.15, 0.2) is 0 Å². The lowest BCUT2D eigenvalue weighted by Gasteiger charge is -2.09. The van der Waals surface area contributed by atoms with Crippen LogP contribution in [-0.4, -0.2) is 35.4 Å². The number of aliphatic carboxylic acids is 1. The molecule has 1 unspecified atom stereocenters. The number of carbonyl (C=O) groups excluding carboxylic acids is 1. The van der Waals surface area contributed by atoms with Crippen molar-refractivity contribution in [2.45, 2.75) is 31.8 Å². The molecule has 0 bridgehead atoms. The van der Waals surface area contributed by atoms with E-state index in [-0.39, 0.29) is 18.0 Å². The summed E-state index contributed by atoms with van der Waals surface area (Å²) in [6.07, 6.45) is 0.657. The summed E-state index contributed by atoms with van der Waals surface area (Å²) in [5, 5.41) is 17.8. The lowest BCUT2D eigenvalue weighted by Crippen LogP contribution is -2.16. The minimum atomic E-state index is -1.20. The first-order valence-corrected chi connectivity index (χ1v) is 4.66. The van der Waals surface area contributed by atoms with Gasteiger partial charge in [-0.3, -0.25) is 4.79 Å². The van der Waals surface area contributed by atoms with E-state index in [4.69, 9.17) is 5.11 Å². The van der Waals surface area contributed by atoms with Crippen LogP contribution in [0.3, 0.4) is 0 Å². The van der Waals surface area contributed by atoms with Gasteiger partial charge in [0.25, 0.3) is 0 Å². The highest BCUT2D eigenvalue weighted by Crippen LogP contribution is 2.10. The Morgan fingerprint density at radius 1 is 1.40 bits per heavy atom. The molecule has 15 heavy (non-hydrogen) atoms. The number of carbonyl (C=O) groups is 2. The third-order valence-corrected chi connectivity index (χ3v) is 2.01. The van der Waals surface area contributed by atoms with Crippen LogP contribution in [0.1, 0.15) is 25.7 Å². The molecule has 86 valence electrons. The third-order valence-electron chi connectivity index (χ3n) is 2.01. The summed E-state index contributed by atoms with van der Waals surface area (Å²) in [7, 11) is 1.31. The number of esters is 1. The highest BCUT2D eigenvalue weighted by molar-refractivity contribution is 5.86. The Kier molecular flexibility index (Phi) is 6.37. The molecule has 5 heteroatoms. The smallest absolute Gasteiger partial charge is 0.333 e. The van der Waals surface area contributed by atoms with Crippen molar-refractivity contribution < 1.29 is 24.5 Å². The zero-order chi connectivity index (χ0) is 11.8. The van der Waals surface area contributed by atoms with E-state index in [1.54, 1.807) is 0 Å². The molecule has 0 saturated carbocycles. The van der Waals surface area contributed by atoms with E-state index >= 15 is 0 Å². The Morgan fingerprint density at radius 3 is 2.47 bits per heavy atom. The van der Waals surface area contributed by atoms with Crippen molar-refractivity contribution >= 4 is 11.9 Å². The number of ether oxygens (including phenoxy) is 1. The largest absolute Gasteiger partial charge is 0.478 e. The zero-order valence-corrected chi connectivity index (χ0v) is 8.73. The standard InChI is InChI=1S/C10H16O5/c1-7(10(13)14)8(11)5-3-4-6-9(12)15-2/h8,11H,1,3-6H2,2H3,(H,13,14). The molecular weight excluding hydrogens is 200 g/mol. The average Bonchev–Trinajstić information content (AvgIpc) is 2.22. The Morgan fingerprint density at radius 2 is 2.00 bits per heavy atom. The Hall–Kier alpha value is -1.36. The second-order valence-corrected chi connectivity index (χ2v) is 3.17. The van der Waals surface area contributed by atoms with Crippen molar-refractivity contribution in [2.24, 2.45) is 0 Å². The van der Waals surface area contributed by atoms with Crippen LogP contribution in [0.5, 0.6) is 0 Å². The summed E-state index contributed by atoms with van der Waals surface area (Å²) in [6.45, 7) is 3.24. The number of rotatable bonds is 7. The molecule has 0 aromatic carbocycles. The maximum atomic E-state index is 10.7. The zero-order valence-electron chi connectivity index (χ0n) is 8.73. The fourth-order valence-corrected chi connectivity index (χ4v) is 1.03. The monoisotopic (exact) mass is 216 g/mol. The van der Waals surface area contributed by atoms with Crippen LogP contribution in [0.2, 0.25) is 0 Å². The minimum absolute atomic E-state index is 0.215. The number of unbranched alkanes of at least 4 members (excludes halogenated alkanes) is 1. The van der Waals surface area contributed by atoms with Crippen molar-refractivity contribution in [1.29, 1.82) is 0 Å². The second-order valence-electron chi connectivity index (χ2n) is 3.17. The lowest BCUT2D eigenvalue weighted by molar-refractivity contribution is -0.141. The van der Waals surface area contributed by atoms with Crippen molar-refractivity contribution in [2.75, 3.05) is 7.11 Å². The highest BCUT2D eigenvalue weighted by atomic mass is 16.5. The van der Waals surface area contributed by atoms with Crippen LogP contribution >= 0.6 is 0 Å². The summed E-state index contributed by atoms with van der Waals surface area (Å²) in [6, 6.07) is 0. The SMILES string of the molecule is C=C(C(=O)O)C(O)CCCCC(=O)OC. The van der Waals surface area contributed by atoms with Gasteiger partial charge in [-0.2, -0.15) is 0 Å². The van der Waals surface area contributed by atoms with Crippen LogP contribution in [0.4, 0.5) is 0 Å². The number of carboxylic acids is 1. The van der Waals surface area contributed by atoms with E-state index in [9.17, 15) is 14.7 Å². The molecule has 1 atom stereocenters. The van der Waals surface area contributed by atoms with Gasteiger partial charge < -0.3 is 14.9 Å². The van der Waals surface area contributed by atoms with Crippen molar-refractivity contribution in [3.63, 3.8) is 0 Å². The van der Waals surface area contributed by atoms with Crippen LogP contribution < -0.4 is 0 Å². The summed E-state index contributed by atoms with van der Waals surface area (Å²) >= 11 is 0. The van der Waals surface area contributed by atoms with Gasteiger partial charge in [0, 0.05) is 6.42 Å². The first-order valence-electron chi connectivity index (χ1n) is 4.66. The highest BCUT2D eigenvalue weighted by Gasteiger charge is 2.14. The molecule has 5 nitrogen and oxygen atoms in total. The first kappa shape index (κ1) is 13.6. The van der Waals surface area contributed by atoms with Gasteiger partial charge >= 0.3 is 11.9 Å². The first-order chi connectivity index (χ1) is 6.99. The number of hydrogen-bond donors (Lipinski definition) is 2. The maximum Gasteiger partial charge on any atom is 0.333 e. The van der Waals surface area contributed by atoms with Gasteiger partial charge in [-0.05, 0) is 19.3 Å². The van der Waals surface area contributed by atoms with Gasteiger partial charge in [-0.1, -0.05) is 6.58 Å². The van der Waals surface area contributed by atoms with E-state index in [2.05, 4.69) is 11.3 Å². The normalized spacial score (nSPS) is 11.9. The molecule has 0 fully saturated rings. The Bertz CT molecular complexity index is 246. The molecule has 0 heterocycles. The van der Waals surface area contributed by atoms with E-state index in [1.807, 2.05) is 0 Å². The molecule has 0 rings (SSSR count). The predicted octanol–water partition coefficient (Wildman–Crippen LogP) is 0.722. The van der Waals surface area contributed by atoms with Gasteiger partial charge in [-0.25, -0.2) is 4.79 Å². The molecule has 0 spiro atoms. The molecule has 0 aromatic heterocycles. The fraction of sp³-hybridized carbons (Fsp3) is 0.600. The molecule has 0 aliphatic carbocycles. The third kappa shape index (κ3) is 5.85. The number of methoxy groups -OCH3 is 1. The van der Waals surface area contributed by atoms with Crippen LogP contribution in [-0.2, 0) is 14.3 Å². The Balaban J connectivity index is 3.64. The van der Waals surface area contributed by atoms with Crippen LogP contribution in [0.15, 0.2) is 12.2 Å². The van der Waals surface area contributed by atoms with Crippen molar-refractivity contribution in [3.05, 3.63) is 12.2 Å². The molecule has 2 N–H and O–H groups in total. The number of carboxylic acid groups (broad SMARTS) is 1. The molecule has 0 aliphatic rings. The van der Waals surface area contributed by atoms with Crippen molar-refractivity contribution in [1.82, 2.24) is 0 Å². The second kappa shape index (κ2) is 7.00. The number of aliphatic hydroxyl groups is 1. The van der Waals surface area contributed by atoms with E-state index in [1.165, 1.54) is 7.11 Å². The fourth-order valence-electron chi connectivity index (χ4n) is 1.03. The van der Waals surface area contributed by atoms with Crippen LogP contribution in [0, 0.1) is 0 Å². The minimum Gasteiger partial charge on any atom is -0.478 e. The van der Waals surface area contributed by atoms with Gasteiger partial charge in [-0.15, -0.1) is 0 Å². The summed E-state index contributed by atoms with van der Waals surface area (Å²) in [5.41, 5.74) is -0.215. The van der Waals surface area contributed by atoms with Gasteiger partial charge in [0.1, 0.15) is 0 Å². The summed E-state index contributed by atoms with van der Waals surface area (Å²) in [4.78, 5) is 21.1. The van der Waals surface area contributed by atoms with Crippen molar-refractivity contribution in [3.8, 4) is 0 Å². The molecule has 0 radical (unpaired) electrons. The van der Waals surface area contributed by atoms with Gasteiger partial charge in [0.05, 0.1) is 18.8 Å². The summed E-state index contributed by atoms with van der Waals surface area (Å²) < 4.78 is 4.43.